The third-order valence-electron chi connectivity index (χ3n) is 2.61. The van der Waals surface area contributed by atoms with Gasteiger partial charge in [-0.3, -0.25) is 4.79 Å². The van der Waals surface area contributed by atoms with Gasteiger partial charge in [-0.1, -0.05) is 30.0 Å². The Kier molecular flexibility index (Phi) is 2.64. The summed E-state index contributed by atoms with van der Waals surface area (Å²) < 4.78 is 0. The molecule has 0 atom stereocenters. The first-order valence-electron chi connectivity index (χ1n) is 5.38. The number of carbonyl (C=O) groups excluding carboxylic acids is 1. The number of nitrogens with one attached hydrogen (secondary N) is 1. The van der Waals surface area contributed by atoms with Crippen molar-refractivity contribution >= 4 is 39.6 Å². The SMILES string of the molecule is NC(=O)CSc1ncnc2c1[nH]c1ccccc12. The number of rotatable bonds is 3. The van der Waals surface area contributed by atoms with Crippen molar-refractivity contribution in [1.82, 2.24) is 15.0 Å². The molecule has 6 heteroatoms. The number of benzene rings is 1. The predicted octanol–water partition coefficient (Wildman–Crippen LogP) is 1.69. The molecule has 2 heterocycles. The van der Waals surface area contributed by atoms with Gasteiger partial charge in [0.05, 0.1) is 11.3 Å². The van der Waals surface area contributed by atoms with E-state index < -0.39 is 0 Å². The highest BCUT2D eigenvalue weighted by molar-refractivity contribution is 8.00. The van der Waals surface area contributed by atoms with Crippen LogP contribution in [0.15, 0.2) is 35.6 Å². The zero-order chi connectivity index (χ0) is 12.5. The summed E-state index contributed by atoms with van der Waals surface area (Å²) in [6.07, 6.45) is 1.51. The molecule has 0 aliphatic rings. The van der Waals surface area contributed by atoms with Crippen molar-refractivity contribution in [2.75, 3.05) is 5.75 Å². The molecule has 3 aromatic rings. The lowest BCUT2D eigenvalue weighted by Gasteiger charge is -1.98. The van der Waals surface area contributed by atoms with Gasteiger partial charge >= 0.3 is 0 Å². The number of hydrogen-bond acceptors (Lipinski definition) is 4. The van der Waals surface area contributed by atoms with E-state index >= 15 is 0 Å². The van der Waals surface area contributed by atoms with Crippen molar-refractivity contribution in [2.45, 2.75) is 5.03 Å². The summed E-state index contributed by atoms with van der Waals surface area (Å²) in [5.41, 5.74) is 7.87. The predicted molar refractivity (Wildman–Crippen MR) is 71.3 cm³/mol. The van der Waals surface area contributed by atoms with E-state index in [4.69, 9.17) is 5.73 Å². The zero-order valence-corrected chi connectivity index (χ0v) is 10.2. The van der Waals surface area contributed by atoms with Crippen LogP contribution in [0.4, 0.5) is 0 Å². The molecule has 0 bridgehead atoms. The number of hydrogen-bond donors (Lipinski definition) is 2. The molecule has 1 aromatic carbocycles. The average molecular weight is 258 g/mol. The number of aromatic nitrogens is 3. The summed E-state index contributed by atoms with van der Waals surface area (Å²) in [7, 11) is 0. The summed E-state index contributed by atoms with van der Waals surface area (Å²) in [5.74, 6) is -0.149. The lowest BCUT2D eigenvalue weighted by molar-refractivity contribution is -0.115. The van der Waals surface area contributed by atoms with Gasteiger partial charge in [-0.2, -0.15) is 0 Å². The Bertz CT molecular complexity index is 737. The first kappa shape index (κ1) is 11.0. The van der Waals surface area contributed by atoms with E-state index in [0.717, 1.165) is 27.0 Å². The molecule has 0 saturated carbocycles. The van der Waals surface area contributed by atoms with Crippen LogP contribution in [0.3, 0.4) is 0 Å². The molecule has 0 saturated heterocycles. The maximum absolute atomic E-state index is 10.8. The molecular formula is C12H10N4OS. The number of nitrogens with two attached hydrogens (primary N) is 1. The van der Waals surface area contributed by atoms with E-state index in [0.29, 0.717) is 0 Å². The van der Waals surface area contributed by atoms with Crippen molar-refractivity contribution < 1.29 is 4.79 Å². The van der Waals surface area contributed by atoms with Crippen LogP contribution >= 0.6 is 11.8 Å². The topological polar surface area (TPSA) is 84.7 Å². The van der Waals surface area contributed by atoms with Crippen molar-refractivity contribution in [3.05, 3.63) is 30.6 Å². The van der Waals surface area contributed by atoms with Crippen molar-refractivity contribution in [2.24, 2.45) is 5.73 Å². The summed E-state index contributed by atoms with van der Waals surface area (Å²) >= 11 is 1.32. The monoisotopic (exact) mass is 258 g/mol. The highest BCUT2D eigenvalue weighted by Crippen LogP contribution is 2.29. The smallest absolute Gasteiger partial charge is 0.227 e. The molecule has 0 aliphatic carbocycles. The Labute approximate surface area is 107 Å². The van der Waals surface area contributed by atoms with E-state index in [1.54, 1.807) is 0 Å². The number of aromatic amines is 1. The molecule has 0 radical (unpaired) electrons. The van der Waals surface area contributed by atoms with Crippen LogP contribution in [-0.4, -0.2) is 26.6 Å². The van der Waals surface area contributed by atoms with Gasteiger partial charge in [0.25, 0.3) is 0 Å². The van der Waals surface area contributed by atoms with E-state index in [-0.39, 0.29) is 11.7 Å². The molecule has 2 aromatic heterocycles. The van der Waals surface area contributed by atoms with Crippen LogP contribution in [0.2, 0.25) is 0 Å². The van der Waals surface area contributed by atoms with Crippen LogP contribution in [-0.2, 0) is 4.79 Å². The third kappa shape index (κ3) is 1.80. The van der Waals surface area contributed by atoms with E-state index in [1.165, 1.54) is 18.1 Å². The minimum atomic E-state index is -0.358. The first-order chi connectivity index (χ1) is 8.75. The molecule has 1 amide bonds. The Hall–Kier alpha value is -2.08. The Morgan fingerprint density at radius 3 is 3.00 bits per heavy atom. The molecule has 0 spiro atoms. The van der Waals surface area contributed by atoms with Crippen LogP contribution < -0.4 is 5.73 Å². The van der Waals surface area contributed by atoms with Gasteiger partial charge in [-0.15, -0.1) is 0 Å². The van der Waals surface area contributed by atoms with E-state index in [2.05, 4.69) is 15.0 Å². The highest BCUT2D eigenvalue weighted by atomic mass is 32.2. The summed E-state index contributed by atoms with van der Waals surface area (Å²) in [6.45, 7) is 0. The number of fused-ring (bicyclic) bond motifs is 3. The first-order valence-corrected chi connectivity index (χ1v) is 6.37. The second-order valence-corrected chi connectivity index (χ2v) is 4.79. The van der Waals surface area contributed by atoms with Crippen molar-refractivity contribution in [3.63, 3.8) is 0 Å². The number of para-hydroxylation sites is 1. The van der Waals surface area contributed by atoms with Crippen molar-refractivity contribution in [1.29, 1.82) is 0 Å². The van der Waals surface area contributed by atoms with Gasteiger partial charge in [0, 0.05) is 10.9 Å². The minimum absolute atomic E-state index is 0.210. The maximum Gasteiger partial charge on any atom is 0.227 e. The van der Waals surface area contributed by atoms with Crippen LogP contribution in [0.5, 0.6) is 0 Å². The second-order valence-electron chi connectivity index (χ2n) is 3.83. The number of amides is 1. The largest absolute Gasteiger partial charge is 0.369 e. The third-order valence-corrected chi connectivity index (χ3v) is 3.62. The van der Waals surface area contributed by atoms with E-state index in [9.17, 15) is 4.79 Å². The second kappa shape index (κ2) is 4.30. The Balaban J connectivity index is 2.18. The quantitative estimate of drug-likeness (QED) is 0.553. The van der Waals surface area contributed by atoms with E-state index in [1.807, 2.05) is 24.3 Å². The minimum Gasteiger partial charge on any atom is -0.369 e. The Morgan fingerprint density at radius 2 is 2.17 bits per heavy atom. The number of primary amides is 1. The number of thioether (sulfide) groups is 1. The van der Waals surface area contributed by atoms with Gasteiger partial charge < -0.3 is 10.7 Å². The van der Waals surface area contributed by atoms with Crippen molar-refractivity contribution in [3.8, 4) is 0 Å². The zero-order valence-electron chi connectivity index (χ0n) is 9.38. The fourth-order valence-electron chi connectivity index (χ4n) is 1.87. The standard InChI is InChI=1S/C12H10N4OS/c13-9(17)5-18-12-11-10(14-6-15-12)7-3-1-2-4-8(7)16-11/h1-4,6,16H,5H2,(H2,13,17). The lowest BCUT2D eigenvalue weighted by atomic mass is 10.2. The fourth-order valence-corrected chi connectivity index (χ4v) is 2.56. The lowest BCUT2D eigenvalue weighted by Crippen LogP contribution is -2.13. The summed E-state index contributed by atoms with van der Waals surface area (Å²) in [6, 6.07) is 7.92. The molecule has 90 valence electrons. The van der Waals surface area contributed by atoms with Gasteiger partial charge in [-0.05, 0) is 6.07 Å². The Morgan fingerprint density at radius 1 is 1.33 bits per heavy atom. The average Bonchev–Trinajstić information content (AvgIpc) is 2.75. The van der Waals surface area contributed by atoms with Gasteiger partial charge in [0.1, 0.15) is 16.9 Å². The molecule has 0 unspecified atom stereocenters. The summed E-state index contributed by atoms with van der Waals surface area (Å²) in [5, 5.41) is 1.80. The molecule has 0 fully saturated rings. The number of H-pyrrole nitrogens is 1. The highest BCUT2D eigenvalue weighted by Gasteiger charge is 2.10. The molecular weight excluding hydrogens is 248 g/mol. The van der Waals surface area contributed by atoms with Gasteiger partial charge in [0.2, 0.25) is 5.91 Å². The maximum atomic E-state index is 10.8. The fraction of sp³-hybridized carbons (Fsp3) is 0.0833. The van der Waals surface area contributed by atoms with Crippen LogP contribution in [0.25, 0.3) is 21.9 Å². The summed E-state index contributed by atoms with van der Waals surface area (Å²) in [4.78, 5) is 22.6. The van der Waals surface area contributed by atoms with Crippen LogP contribution in [0.1, 0.15) is 0 Å². The van der Waals surface area contributed by atoms with Crippen LogP contribution in [0, 0.1) is 0 Å². The molecule has 5 nitrogen and oxygen atoms in total. The number of nitrogens with zero attached hydrogens (tertiary/aromatic N) is 2. The molecule has 0 aliphatic heterocycles. The van der Waals surface area contributed by atoms with Gasteiger partial charge in [0.15, 0.2) is 0 Å². The molecule has 3 rings (SSSR count). The molecule has 3 N–H and O–H groups in total. The number of carbonyl (C=O) groups is 1. The van der Waals surface area contributed by atoms with Gasteiger partial charge in [-0.25, -0.2) is 9.97 Å². The normalized spacial score (nSPS) is 11.1. The molecule has 18 heavy (non-hydrogen) atoms.